The highest BCUT2D eigenvalue weighted by Crippen LogP contribution is 2.28. The van der Waals surface area contributed by atoms with Gasteiger partial charge in [-0.25, -0.2) is 0 Å². The second-order valence-electron chi connectivity index (χ2n) is 5.75. The molecule has 5 nitrogen and oxygen atoms in total. The molecule has 2 amide bonds. The van der Waals surface area contributed by atoms with Gasteiger partial charge in [0.2, 0.25) is 0 Å². The maximum atomic E-state index is 12.1. The van der Waals surface area contributed by atoms with E-state index >= 15 is 0 Å². The highest BCUT2D eigenvalue weighted by atomic mass is 16.5. The number of amides is 2. The van der Waals surface area contributed by atoms with E-state index in [1.165, 1.54) is 11.8 Å². The zero-order valence-electron chi connectivity index (χ0n) is 14.2. The first-order valence-electron chi connectivity index (χ1n) is 8.08. The van der Waals surface area contributed by atoms with Crippen molar-refractivity contribution >= 4 is 17.4 Å². The third kappa shape index (κ3) is 3.71. The molecule has 0 unspecified atom stereocenters. The zero-order valence-corrected chi connectivity index (χ0v) is 14.2. The molecule has 1 aliphatic heterocycles. The number of hydrogen-bond acceptors (Lipinski definition) is 4. The Labute approximate surface area is 146 Å². The first-order valence-corrected chi connectivity index (χ1v) is 8.08. The van der Waals surface area contributed by atoms with Crippen LogP contribution in [0.15, 0.2) is 48.7 Å². The van der Waals surface area contributed by atoms with Crippen LogP contribution in [0.3, 0.4) is 0 Å². The highest BCUT2D eigenvalue weighted by molar-refractivity contribution is 6.30. The van der Waals surface area contributed by atoms with Gasteiger partial charge in [0.15, 0.2) is 0 Å². The van der Waals surface area contributed by atoms with E-state index in [2.05, 4.69) is 5.32 Å². The van der Waals surface area contributed by atoms with Crippen molar-refractivity contribution in [3.63, 3.8) is 0 Å². The van der Waals surface area contributed by atoms with Crippen LogP contribution in [0.2, 0.25) is 0 Å². The average Bonchev–Trinajstić information content (AvgIpc) is 2.61. The number of benzene rings is 2. The third-order valence-corrected chi connectivity index (χ3v) is 3.89. The van der Waals surface area contributed by atoms with Gasteiger partial charge in [0.05, 0.1) is 18.4 Å². The second kappa shape index (κ2) is 7.21. The van der Waals surface area contributed by atoms with Crippen molar-refractivity contribution in [1.82, 2.24) is 5.32 Å². The molecule has 0 bridgehead atoms. The minimum absolute atomic E-state index is 0.317. The van der Waals surface area contributed by atoms with Gasteiger partial charge in [0.25, 0.3) is 11.8 Å². The molecule has 2 aromatic rings. The Morgan fingerprint density at radius 1 is 1.00 bits per heavy atom. The topological polar surface area (TPSA) is 64.6 Å². The Hall–Kier alpha value is -3.08. The first-order chi connectivity index (χ1) is 12.1. The first kappa shape index (κ1) is 16.8. The predicted octanol–water partition coefficient (Wildman–Crippen LogP) is 3.22. The summed E-state index contributed by atoms with van der Waals surface area (Å²) in [4.78, 5) is 24.1. The van der Waals surface area contributed by atoms with Crippen molar-refractivity contribution in [2.24, 2.45) is 0 Å². The van der Waals surface area contributed by atoms with E-state index in [4.69, 9.17) is 9.47 Å². The van der Waals surface area contributed by atoms with Gasteiger partial charge in [-0.05, 0) is 37.6 Å². The summed E-state index contributed by atoms with van der Waals surface area (Å²) in [5.74, 6) is -0.301. The van der Waals surface area contributed by atoms with E-state index in [1.807, 2.05) is 38.1 Å². The van der Waals surface area contributed by atoms with Gasteiger partial charge in [0, 0.05) is 11.1 Å². The molecule has 0 aromatic heterocycles. The Bertz CT molecular complexity index is 837. The summed E-state index contributed by atoms with van der Waals surface area (Å²) in [7, 11) is 0. The Morgan fingerprint density at radius 2 is 1.76 bits per heavy atom. The van der Waals surface area contributed by atoms with Crippen molar-refractivity contribution in [3.8, 4) is 5.75 Å². The van der Waals surface area contributed by atoms with E-state index in [0.717, 1.165) is 5.56 Å². The number of rotatable bonds is 5. The minimum atomic E-state index is -0.471. The van der Waals surface area contributed by atoms with Crippen LogP contribution < -0.4 is 10.1 Å². The zero-order chi connectivity index (χ0) is 17.8. The van der Waals surface area contributed by atoms with Crippen molar-refractivity contribution in [3.05, 3.63) is 71.0 Å². The molecule has 0 aliphatic carbocycles. The molecule has 0 saturated carbocycles. The molecule has 0 radical (unpaired) electrons. The van der Waals surface area contributed by atoms with Gasteiger partial charge in [-0.2, -0.15) is 0 Å². The molecule has 2 aromatic carbocycles. The van der Waals surface area contributed by atoms with Crippen molar-refractivity contribution in [2.75, 3.05) is 6.61 Å². The molecule has 1 N–H and O–H groups in total. The summed E-state index contributed by atoms with van der Waals surface area (Å²) in [6.45, 7) is 4.70. The van der Waals surface area contributed by atoms with E-state index in [0.29, 0.717) is 35.7 Å². The lowest BCUT2D eigenvalue weighted by atomic mass is 9.95. The smallest absolute Gasteiger partial charge is 0.261 e. The summed E-state index contributed by atoms with van der Waals surface area (Å²) in [5.41, 5.74) is 3.49. The number of carbonyl (C=O) groups excluding carboxylic acids is 2. The van der Waals surface area contributed by atoms with E-state index in [-0.39, 0.29) is 0 Å². The highest BCUT2D eigenvalue weighted by Gasteiger charge is 2.28. The number of nitrogens with one attached hydrogen (secondary N) is 1. The standard InChI is InChI=1S/C20H19NO4/c1-3-24-12-18-17-10-15(8-9-16(17)19(22)21-20(18)23)25-11-14-6-4-13(2)5-7-14/h4-10,12H,3,11H2,1-2H3,(H,21,22,23)/b18-12-. The molecule has 0 atom stereocenters. The Kier molecular flexibility index (Phi) is 4.84. The van der Waals surface area contributed by atoms with Crippen LogP contribution in [-0.2, 0) is 16.1 Å². The fourth-order valence-electron chi connectivity index (χ4n) is 2.53. The predicted molar refractivity (Wildman–Crippen MR) is 94.0 cm³/mol. The van der Waals surface area contributed by atoms with Crippen LogP contribution in [0.5, 0.6) is 5.75 Å². The van der Waals surface area contributed by atoms with E-state index < -0.39 is 11.8 Å². The molecule has 5 heteroatoms. The molecule has 0 fully saturated rings. The summed E-state index contributed by atoms with van der Waals surface area (Å²) in [6.07, 6.45) is 1.38. The molecule has 1 heterocycles. The lowest BCUT2D eigenvalue weighted by Gasteiger charge is -2.19. The van der Waals surface area contributed by atoms with Gasteiger partial charge >= 0.3 is 0 Å². The van der Waals surface area contributed by atoms with Crippen LogP contribution in [0.1, 0.15) is 34.0 Å². The fourth-order valence-corrected chi connectivity index (χ4v) is 2.53. The molecular weight excluding hydrogens is 318 g/mol. The third-order valence-electron chi connectivity index (χ3n) is 3.89. The number of fused-ring (bicyclic) bond motifs is 1. The Balaban J connectivity index is 1.86. The number of ether oxygens (including phenoxy) is 2. The summed E-state index contributed by atoms with van der Waals surface area (Å²) < 4.78 is 11.1. The molecular formula is C20H19NO4. The second-order valence-corrected chi connectivity index (χ2v) is 5.75. The maximum absolute atomic E-state index is 12.1. The molecule has 25 heavy (non-hydrogen) atoms. The average molecular weight is 337 g/mol. The summed E-state index contributed by atoms with van der Waals surface area (Å²) >= 11 is 0. The lowest BCUT2D eigenvalue weighted by Crippen LogP contribution is -2.36. The van der Waals surface area contributed by atoms with Gasteiger partial charge in [-0.1, -0.05) is 29.8 Å². The molecule has 0 spiro atoms. The number of carbonyl (C=O) groups is 2. The monoisotopic (exact) mass is 337 g/mol. The van der Waals surface area contributed by atoms with E-state index in [9.17, 15) is 9.59 Å². The molecule has 1 aliphatic rings. The number of hydrogen-bond donors (Lipinski definition) is 1. The lowest BCUT2D eigenvalue weighted by molar-refractivity contribution is -0.114. The van der Waals surface area contributed by atoms with Crippen molar-refractivity contribution in [1.29, 1.82) is 0 Å². The normalized spacial score (nSPS) is 14.9. The molecule has 0 saturated heterocycles. The van der Waals surface area contributed by atoms with Gasteiger partial charge < -0.3 is 9.47 Å². The maximum Gasteiger partial charge on any atom is 0.261 e. The van der Waals surface area contributed by atoms with Crippen LogP contribution in [-0.4, -0.2) is 18.4 Å². The van der Waals surface area contributed by atoms with Gasteiger partial charge in [0.1, 0.15) is 12.4 Å². The SMILES string of the molecule is CCO/C=C1\C(=O)NC(=O)c2ccc(OCc3ccc(C)cc3)cc21. The number of imide groups is 1. The fraction of sp³-hybridized carbons (Fsp3) is 0.200. The minimum Gasteiger partial charge on any atom is -0.501 e. The van der Waals surface area contributed by atoms with Gasteiger partial charge in [-0.15, -0.1) is 0 Å². The van der Waals surface area contributed by atoms with Gasteiger partial charge in [-0.3, -0.25) is 14.9 Å². The van der Waals surface area contributed by atoms with Crippen LogP contribution >= 0.6 is 0 Å². The van der Waals surface area contributed by atoms with E-state index in [1.54, 1.807) is 18.2 Å². The Morgan fingerprint density at radius 3 is 2.48 bits per heavy atom. The summed E-state index contributed by atoms with van der Waals surface area (Å²) in [6, 6.07) is 13.1. The molecule has 3 rings (SSSR count). The summed E-state index contributed by atoms with van der Waals surface area (Å²) in [5, 5.41) is 2.31. The van der Waals surface area contributed by atoms with Crippen LogP contribution in [0, 0.1) is 6.92 Å². The van der Waals surface area contributed by atoms with Crippen LogP contribution in [0.25, 0.3) is 5.57 Å². The number of aryl methyl sites for hydroxylation is 1. The van der Waals surface area contributed by atoms with Crippen molar-refractivity contribution in [2.45, 2.75) is 20.5 Å². The molecule has 128 valence electrons. The van der Waals surface area contributed by atoms with Crippen molar-refractivity contribution < 1.29 is 19.1 Å². The quantitative estimate of drug-likeness (QED) is 0.517. The van der Waals surface area contributed by atoms with Crippen LogP contribution in [0.4, 0.5) is 0 Å². The largest absolute Gasteiger partial charge is 0.501 e.